The Labute approximate surface area is 116 Å². The minimum Gasteiger partial charge on any atom is -0.392 e. The van der Waals surface area contributed by atoms with Crippen molar-refractivity contribution < 1.29 is 18.7 Å². The van der Waals surface area contributed by atoms with Crippen LogP contribution >= 0.6 is 0 Å². The molecule has 0 aliphatic heterocycles. The maximum Gasteiger partial charge on any atom is 0.315 e. The second-order valence-electron chi connectivity index (χ2n) is 4.96. The number of benzene rings is 1. The smallest absolute Gasteiger partial charge is 0.315 e. The Balaban J connectivity index is 1.82. The number of urea groups is 1. The van der Waals surface area contributed by atoms with E-state index < -0.39 is 24.1 Å². The first-order valence-corrected chi connectivity index (χ1v) is 6.66. The molecule has 0 spiro atoms. The van der Waals surface area contributed by atoms with Crippen LogP contribution in [0.3, 0.4) is 0 Å². The van der Waals surface area contributed by atoms with Gasteiger partial charge in [0.05, 0.1) is 12.6 Å². The van der Waals surface area contributed by atoms with Crippen LogP contribution in [0.25, 0.3) is 0 Å². The molecule has 110 valence electrons. The minimum atomic E-state index is -0.984. The van der Waals surface area contributed by atoms with Gasteiger partial charge in [0.15, 0.2) is 0 Å². The Morgan fingerprint density at radius 3 is 2.80 bits per heavy atom. The summed E-state index contributed by atoms with van der Waals surface area (Å²) in [5.41, 5.74) is 0.794. The molecule has 1 aromatic carbocycles. The van der Waals surface area contributed by atoms with Crippen LogP contribution in [0.15, 0.2) is 18.2 Å². The molecule has 0 heterocycles. The summed E-state index contributed by atoms with van der Waals surface area (Å²) in [5, 5.41) is 14.0. The number of carbonyl (C=O) groups excluding carboxylic acids is 1. The van der Waals surface area contributed by atoms with Gasteiger partial charge in [0.1, 0.15) is 12.0 Å². The number of amides is 2. The maximum absolute atomic E-state index is 13.4. The number of hydrogen-bond acceptors (Lipinski definition) is 2. The third-order valence-corrected chi connectivity index (χ3v) is 3.49. The number of rotatable bonds is 4. The standard InChI is InChI=1S/C14H18F2N2O2/c15-11-2-1-3-13(11)18-14(20)17-7-9-4-5-10(8-19)12(16)6-9/h4-6,11,13,19H,1-3,7-8H2,(H2,17,18,20)/t11-,13+/m1/s1. The molecule has 2 amide bonds. The molecular weight excluding hydrogens is 266 g/mol. The quantitative estimate of drug-likeness (QED) is 0.792. The molecule has 1 aliphatic carbocycles. The Morgan fingerprint density at radius 1 is 1.40 bits per heavy atom. The second-order valence-corrected chi connectivity index (χ2v) is 4.96. The molecule has 4 nitrogen and oxygen atoms in total. The van der Waals surface area contributed by atoms with Gasteiger partial charge in [-0.25, -0.2) is 13.6 Å². The third kappa shape index (κ3) is 3.66. The molecule has 1 fully saturated rings. The van der Waals surface area contributed by atoms with Gasteiger partial charge in [-0.3, -0.25) is 0 Å². The zero-order valence-electron chi connectivity index (χ0n) is 11.0. The summed E-state index contributed by atoms with van der Waals surface area (Å²) in [6.45, 7) is -0.211. The fraction of sp³-hybridized carbons (Fsp3) is 0.500. The van der Waals surface area contributed by atoms with Crippen molar-refractivity contribution in [2.45, 2.75) is 44.6 Å². The van der Waals surface area contributed by atoms with Gasteiger partial charge < -0.3 is 15.7 Å². The first-order chi connectivity index (χ1) is 9.60. The van der Waals surface area contributed by atoms with Crippen LogP contribution in [-0.2, 0) is 13.2 Å². The van der Waals surface area contributed by atoms with Gasteiger partial charge in [0.2, 0.25) is 0 Å². The van der Waals surface area contributed by atoms with Crippen molar-refractivity contribution >= 4 is 6.03 Å². The highest BCUT2D eigenvalue weighted by atomic mass is 19.1. The van der Waals surface area contributed by atoms with E-state index in [4.69, 9.17) is 5.11 Å². The number of alkyl halides is 1. The minimum absolute atomic E-state index is 0.151. The molecule has 1 saturated carbocycles. The summed E-state index contributed by atoms with van der Waals surface area (Å²) in [7, 11) is 0. The van der Waals surface area contributed by atoms with Crippen LogP contribution in [-0.4, -0.2) is 23.4 Å². The van der Waals surface area contributed by atoms with E-state index in [1.54, 1.807) is 6.07 Å². The average molecular weight is 284 g/mol. The second kappa shape index (κ2) is 6.65. The number of aliphatic hydroxyl groups is 1. The van der Waals surface area contributed by atoms with Crippen molar-refractivity contribution in [2.24, 2.45) is 0 Å². The number of halogens is 2. The van der Waals surface area contributed by atoms with E-state index in [0.717, 1.165) is 6.42 Å². The fourth-order valence-corrected chi connectivity index (χ4v) is 2.31. The normalized spacial score (nSPS) is 21.8. The summed E-state index contributed by atoms with van der Waals surface area (Å²) >= 11 is 0. The average Bonchev–Trinajstić information content (AvgIpc) is 2.82. The first kappa shape index (κ1) is 14.7. The molecule has 6 heteroatoms. The summed E-state index contributed by atoms with van der Waals surface area (Å²) in [6.07, 6.45) is 0.926. The lowest BCUT2D eigenvalue weighted by molar-refractivity contribution is 0.224. The lowest BCUT2D eigenvalue weighted by atomic mass is 10.1. The van der Waals surface area contributed by atoms with Crippen LogP contribution in [0.5, 0.6) is 0 Å². The first-order valence-electron chi connectivity index (χ1n) is 6.66. The molecule has 3 N–H and O–H groups in total. The Bertz CT molecular complexity index is 482. The molecule has 20 heavy (non-hydrogen) atoms. The fourth-order valence-electron chi connectivity index (χ4n) is 2.31. The molecular formula is C14H18F2N2O2. The zero-order valence-corrected chi connectivity index (χ0v) is 11.0. The molecule has 2 atom stereocenters. The number of hydrogen-bond donors (Lipinski definition) is 3. The van der Waals surface area contributed by atoms with Crippen molar-refractivity contribution in [1.29, 1.82) is 0 Å². The highest BCUT2D eigenvalue weighted by Crippen LogP contribution is 2.21. The van der Waals surface area contributed by atoms with E-state index in [1.807, 2.05) is 0 Å². The lowest BCUT2D eigenvalue weighted by Gasteiger charge is -2.15. The van der Waals surface area contributed by atoms with Gasteiger partial charge in [0.25, 0.3) is 0 Å². The van der Waals surface area contributed by atoms with Crippen molar-refractivity contribution in [3.63, 3.8) is 0 Å². The number of nitrogens with one attached hydrogen (secondary N) is 2. The predicted octanol–water partition coefficient (Wildman–Crippen LogP) is 2.01. The van der Waals surface area contributed by atoms with Crippen molar-refractivity contribution in [3.8, 4) is 0 Å². The van der Waals surface area contributed by atoms with E-state index in [1.165, 1.54) is 12.1 Å². The summed E-state index contributed by atoms with van der Waals surface area (Å²) in [6, 6.07) is 3.48. The van der Waals surface area contributed by atoms with E-state index in [-0.39, 0.29) is 18.7 Å². The molecule has 2 rings (SSSR count). The predicted molar refractivity (Wildman–Crippen MR) is 70.2 cm³/mol. The van der Waals surface area contributed by atoms with E-state index in [2.05, 4.69) is 10.6 Å². The zero-order chi connectivity index (χ0) is 14.5. The molecule has 0 unspecified atom stereocenters. The molecule has 0 aromatic heterocycles. The van der Waals surface area contributed by atoms with Crippen LogP contribution in [0, 0.1) is 5.82 Å². The van der Waals surface area contributed by atoms with Gasteiger partial charge in [-0.2, -0.15) is 0 Å². The monoisotopic (exact) mass is 284 g/mol. The summed E-state index contributed by atoms with van der Waals surface area (Å²) in [4.78, 5) is 11.6. The van der Waals surface area contributed by atoms with E-state index >= 15 is 0 Å². The van der Waals surface area contributed by atoms with Crippen LogP contribution in [0.2, 0.25) is 0 Å². The lowest BCUT2D eigenvalue weighted by Crippen LogP contribution is -2.44. The number of aliphatic hydroxyl groups excluding tert-OH is 1. The van der Waals surface area contributed by atoms with Crippen molar-refractivity contribution in [3.05, 3.63) is 35.1 Å². The van der Waals surface area contributed by atoms with Crippen LogP contribution < -0.4 is 10.6 Å². The van der Waals surface area contributed by atoms with Gasteiger partial charge in [-0.05, 0) is 30.9 Å². The molecule has 0 saturated heterocycles. The van der Waals surface area contributed by atoms with Crippen molar-refractivity contribution in [1.82, 2.24) is 10.6 Å². The molecule has 0 bridgehead atoms. The van der Waals surface area contributed by atoms with Gasteiger partial charge in [0, 0.05) is 12.1 Å². The maximum atomic E-state index is 13.4. The third-order valence-electron chi connectivity index (χ3n) is 3.49. The number of carbonyl (C=O) groups is 1. The highest BCUT2D eigenvalue weighted by Gasteiger charge is 2.27. The summed E-state index contributed by atoms with van der Waals surface area (Å²) < 4.78 is 26.7. The Kier molecular flexibility index (Phi) is 4.89. The van der Waals surface area contributed by atoms with E-state index in [0.29, 0.717) is 18.4 Å². The largest absolute Gasteiger partial charge is 0.392 e. The van der Waals surface area contributed by atoms with Crippen LogP contribution in [0.4, 0.5) is 13.6 Å². The molecule has 1 aromatic rings. The molecule has 1 aliphatic rings. The van der Waals surface area contributed by atoms with Crippen molar-refractivity contribution in [2.75, 3.05) is 0 Å². The van der Waals surface area contributed by atoms with E-state index in [9.17, 15) is 13.6 Å². The topological polar surface area (TPSA) is 61.4 Å². The molecule has 0 radical (unpaired) electrons. The Hall–Kier alpha value is -1.69. The SMILES string of the molecule is O=C(NCc1ccc(CO)c(F)c1)N[C@H]1CCC[C@H]1F. The van der Waals surface area contributed by atoms with Gasteiger partial charge >= 0.3 is 6.03 Å². The highest BCUT2D eigenvalue weighted by molar-refractivity contribution is 5.74. The summed E-state index contributed by atoms with van der Waals surface area (Å²) in [5.74, 6) is -0.508. The van der Waals surface area contributed by atoms with Crippen LogP contribution in [0.1, 0.15) is 30.4 Å². The van der Waals surface area contributed by atoms with Gasteiger partial charge in [-0.15, -0.1) is 0 Å². The van der Waals surface area contributed by atoms with Gasteiger partial charge in [-0.1, -0.05) is 12.1 Å². The Morgan fingerprint density at radius 2 is 2.20 bits per heavy atom.